The third-order valence-electron chi connectivity index (χ3n) is 2.80. The molecule has 0 saturated heterocycles. The van der Waals surface area contributed by atoms with Gasteiger partial charge in [-0.1, -0.05) is 0 Å². The molecule has 0 heterocycles. The summed E-state index contributed by atoms with van der Waals surface area (Å²) >= 11 is 0. The summed E-state index contributed by atoms with van der Waals surface area (Å²) in [6.07, 6.45) is -0.297. The van der Waals surface area contributed by atoms with Gasteiger partial charge in [0.1, 0.15) is 23.1 Å². The summed E-state index contributed by atoms with van der Waals surface area (Å²) in [5, 5.41) is 0. The molecule has 0 saturated carbocycles. The Hall–Kier alpha value is -1.13. The van der Waals surface area contributed by atoms with Crippen molar-refractivity contribution in [2.24, 2.45) is 0 Å². The Morgan fingerprint density at radius 2 is 1.59 bits per heavy atom. The summed E-state index contributed by atoms with van der Waals surface area (Å²) < 4.78 is 19.1. The molecule has 0 fully saturated rings. The Labute approximate surface area is 102 Å². The Balaban J connectivity index is 5.08. The zero-order valence-electron chi connectivity index (χ0n) is 11.6. The molecule has 0 aliphatic carbocycles. The first kappa shape index (κ1) is 15.9. The number of carbonyl (C=O) groups is 2. The Kier molecular flexibility index (Phi) is 4.32. The van der Waals surface area contributed by atoms with Crippen LogP contribution < -0.4 is 0 Å². The van der Waals surface area contributed by atoms with Crippen LogP contribution >= 0.6 is 0 Å². The fourth-order valence-electron chi connectivity index (χ4n) is 1.14. The predicted molar refractivity (Wildman–Crippen MR) is 63.7 cm³/mol. The predicted octanol–water partition coefficient (Wildman–Crippen LogP) is 2.56. The SMILES string of the molecule is CN(C(=O)OC(C)(C)C)C(C)(C=O)C(C)(C)F. The van der Waals surface area contributed by atoms with Crippen molar-refractivity contribution in [3.05, 3.63) is 0 Å². The second kappa shape index (κ2) is 4.63. The number of hydrogen-bond donors (Lipinski definition) is 0. The number of ether oxygens (including phenoxy) is 1. The lowest BCUT2D eigenvalue weighted by molar-refractivity contribution is -0.125. The highest BCUT2D eigenvalue weighted by Gasteiger charge is 2.48. The zero-order chi connectivity index (χ0) is 14.1. The van der Waals surface area contributed by atoms with E-state index in [9.17, 15) is 14.0 Å². The van der Waals surface area contributed by atoms with E-state index in [1.807, 2.05) is 0 Å². The highest BCUT2D eigenvalue weighted by molar-refractivity contribution is 5.77. The van der Waals surface area contributed by atoms with Gasteiger partial charge in [-0.15, -0.1) is 0 Å². The largest absolute Gasteiger partial charge is 0.444 e. The Bertz CT molecular complexity index is 304. The molecule has 5 heteroatoms. The molecule has 100 valence electrons. The van der Waals surface area contributed by atoms with E-state index in [-0.39, 0.29) is 0 Å². The number of aldehydes is 1. The smallest absolute Gasteiger partial charge is 0.410 e. The maximum Gasteiger partial charge on any atom is 0.410 e. The monoisotopic (exact) mass is 247 g/mol. The molecule has 0 aromatic rings. The number of amides is 1. The second-order valence-electron chi connectivity index (χ2n) is 5.78. The summed E-state index contributed by atoms with van der Waals surface area (Å²) in [5.41, 5.74) is -4.11. The molecule has 0 aliphatic rings. The molecule has 0 rings (SSSR count). The lowest BCUT2D eigenvalue weighted by atomic mass is 9.86. The van der Waals surface area contributed by atoms with Gasteiger partial charge in [0.05, 0.1) is 0 Å². The fourth-order valence-corrected chi connectivity index (χ4v) is 1.14. The number of nitrogens with zero attached hydrogens (tertiary/aromatic N) is 1. The molecular formula is C12H22FNO3. The van der Waals surface area contributed by atoms with E-state index < -0.39 is 22.9 Å². The molecular weight excluding hydrogens is 225 g/mol. The van der Waals surface area contributed by atoms with Gasteiger partial charge in [0, 0.05) is 7.05 Å². The minimum Gasteiger partial charge on any atom is -0.444 e. The molecule has 0 spiro atoms. The minimum atomic E-state index is -1.86. The zero-order valence-corrected chi connectivity index (χ0v) is 11.6. The van der Waals surface area contributed by atoms with Crippen molar-refractivity contribution in [3.63, 3.8) is 0 Å². The van der Waals surface area contributed by atoms with Crippen LogP contribution in [-0.2, 0) is 9.53 Å². The number of alkyl halides is 1. The summed E-state index contributed by atoms with van der Waals surface area (Å²) in [6, 6.07) is 0. The molecule has 0 bridgehead atoms. The van der Waals surface area contributed by atoms with Crippen LogP contribution in [0.1, 0.15) is 41.5 Å². The van der Waals surface area contributed by atoms with E-state index in [1.54, 1.807) is 20.8 Å². The van der Waals surface area contributed by atoms with E-state index >= 15 is 0 Å². The van der Waals surface area contributed by atoms with E-state index in [4.69, 9.17) is 4.74 Å². The molecule has 0 aromatic heterocycles. The van der Waals surface area contributed by atoms with E-state index in [1.165, 1.54) is 27.8 Å². The first-order valence-electron chi connectivity index (χ1n) is 5.47. The normalized spacial score (nSPS) is 16.0. The van der Waals surface area contributed by atoms with Crippen LogP contribution in [0.15, 0.2) is 0 Å². The highest BCUT2D eigenvalue weighted by Crippen LogP contribution is 2.30. The summed E-state index contributed by atoms with van der Waals surface area (Å²) in [4.78, 5) is 23.9. The van der Waals surface area contributed by atoms with Gasteiger partial charge >= 0.3 is 6.09 Å². The number of halogens is 1. The number of rotatable bonds is 3. The van der Waals surface area contributed by atoms with Crippen LogP contribution in [-0.4, -0.2) is 41.1 Å². The first-order chi connectivity index (χ1) is 7.35. The lowest BCUT2D eigenvalue weighted by Crippen LogP contribution is -2.60. The first-order valence-corrected chi connectivity index (χ1v) is 5.47. The Morgan fingerprint density at radius 3 is 1.82 bits per heavy atom. The molecule has 4 nitrogen and oxygen atoms in total. The van der Waals surface area contributed by atoms with Gasteiger partial charge in [0.15, 0.2) is 0 Å². The fraction of sp³-hybridized carbons (Fsp3) is 0.833. The standard InChI is InChI=1S/C12H22FNO3/c1-10(2,3)17-9(16)14(7)12(6,8-15)11(4,5)13/h8H,1-7H3. The summed E-state index contributed by atoms with van der Waals surface area (Å²) in [6.45, 7) is 8.99. The summed E-state index contributed by atoms with van der Waals surface area (Å²) in [7, 11) is 1.35. The van der Waals surface area contributed by atoms with Crippen molar-refractivity contribution in [1.29, 1.82) is 0 Å². The molecule has 0 radical (unpaired) electrons. The minimum absolute atomic E-state index is 0.428. The molecule has 1 atom stereocenters. The Morgan fingerprint density at radius 1 is 1.18 bits per heavy atom. The van der Waals surface area contributed by atoms with Gasteiger partial charge in [-0.2, -0.15) is 0 Å². The van der Waals surface area contributed by atoms with Crippen molar-refractivity contribution in [2.45, 2.75) is 58.4 Å². The van der Waals surface area contributed by atoms with Crippen molar-refractivity contribution in [2.75, 3.05) is 7.05 Å². The van der Waals surface area contributed by atoms with Gasteiger partial charge in [-0.3, -0.25) is 4.90 Å². The van der Waals surface area contributed by atoms with E-state index in [2.05, 4.69) is 0 Å². The van der Waals surface area contributed by atoms with Crippen LogP contribution in [0.3, 0.4) is 0 Å². The van der Waals surface area contributed by atoms with E-state index in [0.29, 0.717) is 6.29 Å². The maximum absolute atomic E-state index is 14.0. The van der Waals surface area contributed by atoms with Crippen LogP contribution in [0.4, 0.5) is 9.18 Å². The van der Waals surface area contributed by atoms with E-state index in [0.717, 1.165) is 4.90 Å². The van der Waals surface area contributed by atoms with Gasteiger partial charge in [-0.25, -0.2) is 9.18 Å². The molecule has 0 N–H and O–H groups in total. The van der Waals surface area contributed by atoms with Crippen LogP contribution in [0.2, 0.25) is 0 Å². The number of carbonyl (C=O) groups excluding carboxylic acids is 2. The average Bonchev–Trinajstić information content (AvgIpc) is 2.10. The molecule has 0 aromatic carbocycles. The average molecular weight is 247 g/mol. The maximum atomic E-state index is 14.0. The topological polar surface area (TPSA) is 46.6 Å². The van der Waals surface area contributed by atoms with Crippen LogP contribution in [0, 0.1) is 0 Å². The van der Waals surface area contributed by atoms with Gasteiger partial charge < -0.3 is 9.53 Å². The molecule has 1 amide bonds. The van der Waals surface area contributed by atoms with Crippen LogP contribution in [0.5, 0.6) is 0 Å². The number of likely N-dealkylation sites (N-methyl/N-ethyl adjacent to an activating group) is 1. The van der Waals surface area contributed by atoms with Gasteiger partial charge in [0.25, 0.3) is 0 Å². The van der Waals surface area contributed by atoms with Crippen molar-refractivity contribution < 1.29 is 18.7 Å². The molecule has 1 unspecified atom stereocenters. The van der Waals surface area contributed by atoms with Crippen LogP contribution in [0.25, 0.3) is 0 Å². The summed E-state index contributed by atoms with van der Waals surface area (Å²) in [5.74, 6) is 0. The third kappa shape index (κ3) is 3.68. The van der Waals surface area contributed by atoms with Gasteiger partial charge in [0.2, 0.25) is 0 Å². The molecule has 0 aliphatic heterocycles. The highest BCUT2D eigenvalue weighted by atomic mass is 19.1. The van der Waals surface area contributed by atoms with Crippen molar-refractivity contribution in [3.8, 4) is 0 Å². The molecule has 17 heavy (non-hydrogen) atoms. The van der Waals surface area contributed by atoms with Crippen molar-refractivity contribution >= 4 is 12.4 Å². The van der Waals surface area contributed by atoms with Crippen molar-refractivity contribution in [1.82, 2.24) is 4.90 Å². The van der Waals surface area contributed by atoms with Gasteiger partial charge in [-0.05, 0) is 41.5 Å². The number of hydrogen-bond acceptors (Lipinski definition) is 3. The quantitative estimate of drug-likeness (QED) is 0.720. The third-order valence-corrected chi connectivity index (χ3v) is 2.80. The lowest BCUT2D eigenvalue weighted by Gasteiger charge is -2.41. The second-order valence-corrected chi connectivity index (χ2v) is 5.78.